The van der Waals surface area contributed by atoms with Gasteiger partial charge in [0.05, 0.1) is 6.61 Å². The summed E-state index contributed by atoms with van der Waals surface area (Å²) >= 11 is 0. The third-order valence-electron chi connectivity index (χ3n) is 3.34. The molecule has 0 radical (unpaired) electrons. The summed E-state index contributed by atoms with van der Waals surface area (Å²) in [5.74, 6) is 0.997. The first kappa shape index (κ1) is 16.3. The minimum atomic E-state index is 0. The van der Waals surface area contributed by atoms with Crippen molar-refractivity contribution < 1.29 is 17.1 Å². The summed E-state index contributed by atoms with van der Waals surface area (Å²) in [5, 5.41) is 3.38. The molecule has 0 amide bonds. The smallest absolute Gasteiger partial charge is 0.119 e. The molecule has 0 unspecified atom stereocenters. The fourth-order valence-electron chi connectivity index (χ4n) is 2.27. The molecule has 1 aromatic rings. The Morgan fingerprint density at radius 2 is 2.00 bits per heavy atom. The number of ether oxygens (including phenoxy) is 1. The van der Waals surface area contributed by atoms with Crippen molar-refractivity contribution in [2.24, 2.45) is 0 Å². The number of nitrogens with one attached hydrogen (secondary N) is 1. The summed E-state index contributed by atoms with van der Waals surface area (Å²) in [4.78, 5) is 2.53. The number of rotatable bonds is 6. The van der Waals surface area contributed by atoms with Crippen LogP contribution in [0.2, 0.25) is 0 Å². The van der Waals surface area contributed by atoms with E-state index in [0.717, 1.165) is 31.9 Å². The molecule has 4 heteroatoms. The van der Waals surface area contributed by atoms with Gasteiger partial charge < -0.3 is 27.4 Å². The normalized spacial score (nSPS) is 15.8. The first-order valence-corrected chi connectivity index (χ1v) is 6.97. The van der Waals surface area contributed by atoms with Crippen molar-refractivity contribution in [3.8, 4) is 5.75 Å². The maximum Gasteiger partial charge on any atom is 0.119 e. The van der Waals surface area contributed by atoms with Crippen LogP contribution in [0.15, 0.2) is 24.3 Å². The van der Waals surface area contributed by atoms with E-state index >= 15 is 0 Å². The number of aryl methyl sites for hydroxylation is 1. The molecule has 0 bridgehead atoms. The van der Waals surface area contributed by atoms with Crippen LogP contribution in [-0.2, 0) is 0 Å². The maximum absolute atomic E-state index is 5.75. The SMILES string of the molecule is Cc1cccc(OCCCCN2CCNCC2)c1.[Cl-]. The van der Waals surface area contributed by atoms with Gasteiger partial charge in [-0.05, 0) is 44.0 Å². The zero-order valence-electron chi connectivity index (χ0n) is 11.7. The van der Waals surface area contributed by atoms with E-state index in [1.165, 1.54) is 31.6 Å². The maximum atomic E-state index is 5.75. The topological polar surface area (TPSA) is 24.5 Å². The third-order valence-corrected chi connectivity index (χ3v) is 3.34. The van der Waals surface area contributed by atoms with Gasteiger partial charge in [0.2, 0.25) is 0 Å². The molecular formula is C15H24ClN2O-. The Kier molecular flexibility index (Phi) is 7.87. The molecule has 0 spiro atoms. The molecule has 1 aromatic carbocycles. The fraction of sp³-hybridized carbons (Fsp3) is 0.600. The van der Waals surface area contributed by atoms with Gasteiger partial charge in [0.15, 0.2) is 0 Å². The van der Waals surface area contributed by atoms with Gasteiger partial charge in [-0.2, -0.15) is 0 Å². The van der Waals surface area contributed by atoms with Crippen molar-refractivity contribution in [1.29, 1.82) is 0 Å². The molecule has 1 aliphatic rings. The number of hydrogen-bond donors (Lipinski definition) is 1. The van der Waals surface area contributed by atoms with E-state index in [2.05, 4.69) is 29.3 Å². The predicted molar refractivity (Wildman–Crippen MR) is 75.2 cm³/mol. The lowest BCUT2D eigenvalue weighted by Crippen LogP contribution is -3.00. The Balaban J connectivity index is 0.00000180. The summed E-state index contributed by atoms with van der Waals surface area (Å²) in [7, 11) is 0. The van der Waals surface area contributed by atoms with Crippen LogP contribution in [0.4, 0.5) is 0 Å². The van der Waals surface area contributed by atoms with Gasteiger partial charge in [-0.15, -0.1) is 0 Å². The summed E-state index contributed by atoms with van der Waals surface area (Å²) in [6, 6.07) is 8.27. The Morgan fingerprint density at radius 3 is 2.74 bits per heavy atom. The van der Waals surface area contributed by atoms with Crippen LogP contribution in [0.5, 0.6) is 5.75 Å². The Labute approximate surface area is 122 Å². The van der Waals surface area contributed by atoms with Crippen LogP contribution in [0.1, 0.15) is 18.4 Å². The quantitative estimate of drug-likeness (QED) is 0.683. The van der Waals surface area contributed by atoms with Gasteiger partial charge in [-0.3, -0.25) is 0 Å². The van der Waals surface area contributed by atoms with Gasteiger partial charge in [-0.25, -0.2) is 0 Å². The molecule has 3 nitrogen and oxygen atoms in total. The second-order valence-electron chi connectivity index (χ2n) is 4.96. The summed E-state index contributed by atoms with van der Waals surface area (Å²) in [6.45, 7) is 8.79. The molecular weight excluding hydrogens is 260 g/mol. The Morgan fingerprint density at radius 1 is 1.21 bits per heavy atom. The van der Waals surface area contributed by atoms with E-state index in [0.29, 0.717) is 0 Å². The van der Waals surface area contributed by atoms with E-state index in [1.54, 1.807) is 0 Å². The number of hydrogen-bond acceptors (Lipinski definition) is 3. The van der Waals surface area contributed by atoms with E-state index < -0.39 is 0 Å². The first-order valence-electron chi connectivity index (χ1n) is 6.97. The highest BCUT2D eigenvalue weighted by Crippen LogP contribution is 2.12. The molecule has 0 atom stereocenters. The van der Waals surface area contributed by atoms with Crippen LogP contribution in [-0.4, -0.2) is 44.2 Å². The largest absolute Gasteiger partial charge is 1.00 e. The van der Waals surface area contributed by atoms with Gasteiger partial charge in [0.1, 0.15) is 5.75 Å². The summed E-state index contributed by atoms with van der Waals surface area (Å²) in [6.07, 6.45) is 2.36. The average molecular weight is 284 g/mol. The lowest BCUT2D eigenvalue weighted by molar-refractivity contribution is -0.00000436. The highest BCUT2D eigenvalue weighted by Gasteiger charge is 2.08. The number of piperazine rings is 1. The number of halogens is 1. The average Bonchev–Trinajstić information content (AvgIpc) is 2.40. The Hall–Kier alpha value is -0.770. The molecule has 0 aliphatic carbocycles. The lowest BCUT2D eigenvalue weighted by Gasteiger charge is -2.26. The van der Waals surface area contributed by atoms with E-state index in [4.69, 9.17) is 4.74 Å². The third kappa shape index (κ3) is 6.28. The zero-order valence-corrected chi connectivity index (χ0v) is 12.5. The second kappa shape index (κ2) is 9.18. The molecule has 0 aromatic heterocycles. The number of nitrogens with zero attached hydrogens (tertiary/aromatic N) is 1. The van der Waals surface area contributed by atoms with Crippen LogP contribution >= 0.6 is 0 Å². The van der Waals surface area contributed by atoms with E-state index in [1.807, 2.05) is 12.1 Å². The highest BCUT2D eigenvalue weighted by molar-refractivity contribution is 5.27. The predicted octanol–water partition coefficient (Wildman–Crippen LogP) is -0.937. The molecule has 1 N–H and O–H groups in total. The molecule has 1 saturated heterocycles. The van der Waals surface area contributed by atoms with Crippen molar-refractivity contribution in [3.05, 3.63) is 29.8 Å². The molecule has 2 rings (SSSR count). The van der Waals surface area contributed by atoms with Crippen molar-refractivity contribution in [3.63, 3.8) is 0 Å². The molecule has 1 fully saturated rings. The minimum Gasteiger partial charge on any atom is -1.00 e. The molecule has 0 saturated carbocycles. The fourth-order valence-corrected chi connectivity index (χ4v) is 2.27. The van der Waals surface area contributed by atoms with Crippen LogP contribution < -0.4 is 22.5 Å². The van der Waals surface area contributed by atoms with Crippen LogP contribution in [0, 0.1) is 6.92 Å². The highest BCUT2D eigenvalue weighted by atomic mass is 35.5. The van der Waals surface area contributed by atoms with Crippen molar-refractivity contribution in [1.82, 2.24) is 10.2 Å². The standard InChI is InChI=1S/C15H24N2O.ClH/c1-14-5-4-6-15(13-14)18-12-3-2-9-17-10-7-16-8-11-17;/h4-6,13,16H,2-3,7-12H2,1H3;1H/p-1. The monoisotopic (exact) mass is 283 g/mol. The van der Waals surface area contributed by atoms with Gasteiger partial charge >= 0.3 is 0 Å². The van der Waals surface area contributed by atoms with Crippen LogP contribution in [0.3, 0.4) is 0 Å². The lowest BCUT2D eigenvalue weighted by atomic mass is 10.2. The number of unbranched alkanes of at least 4 members (excludes halogenated alkanes) is 1. The van der Waals surface area contributed by atoms with Crippen molar-refractivity contribution in [2.75, 3.05) is 39.3 Å². The first-order chi connectivity index (χ1) is 8.84. The zero-order chi connectivity index (χ0) is 12.6. The van der Waals surface area contributed by atoms with E-state index in [9.17, 15) is 0 Å². The molecule has 19 heavy (non-hydrogen) atoms. The molecule has 1 aliphatic heterocycles. The molecule has 1 heterocycles. The van der Waals surface area contributed by atoms with Crippen molar-refractivity contribution in [2.45, 2.75) is 19.8 Å². The van der Waals surface area contributed by atoms with Crippen molar-refractivity contribution >= 4 is 0 Å². The Bertz CT molecular complexity index is 354. The van der Waals surface area contributed by atoms with E-state index in [-0.39, 0.29) is 12.4 Å². The second-order valence-corrected chi connectivity index (χ2v) is 4.96. The van der Waals surface area contributed by atoms with Crippen LogP contribution in [0.25, 0.3) is 0 Å². The molecule has 108 valence electrons. The van der Waals surface area contributed by atoms with Gasteiger partial charge in [0, 0.05) is 26.2 Å². The van der Waals surface area contributed by atoms with Gasteiger partial charge in [-0.1, -0.05) is 12.1 Å². The summed E-state index contributed by atoms with van der Waals surface area (Å²) in [5.41, 5.74) is 1.26. The van der Waals surface area contributed by atoms with Gasteiger partial charge in [0.25, 0.3) is 0 Å². The minimum absolute atomic E-state index is 0. The summed E-state index contributed by atoms with van der Waals surface area (Å²) < 4.78 is 5.75. The number of benzene rings is 1.